The number of rotatable bonds is 4. The van der Waals surface area contributed by atoms with E-state index in [2.05, 4.69) is 34.0 Å². The second-order valence-electron chi connectivity index (χ2n) is 6.13. The smallest absolute Gasteiger partial charge is 0.132 e. The van der Waals surface area contributed by atoms with Gasteiger partial charge in [-0.1, -0.05) is 0 Å². The van der Waals surface area contributed by atoms with Crippen LogP contribution in [-0.4, -0.2) is 40.5 Å². The van der Waals surface area contributed by atoms with Crippen LogP contribution in [0.5, 0.6) is 0 Å². The Bertz CT molecular complexity index is 444. The second kappa shape index (κ2) is 5.45. The summed E-state index contributed by atoms with van der Waals surface area (Å²) in [5.74, 6) is 1.85. The summed E-state index contributed by atoms with van der Waals surface area (Å²) < 4.78 is 0. The van der Waals surface area contributed by atoms with Crippen LogP contribution in [0.1, 0.15) is 37.9 Å². The number of hydrogen-bond donors (Lipinski definition) is 1. The van der Waals surface area contributed by atoms with E-state index in [1.807, 2.05) is 0 Å². The van der Waals surface area contributed by atoms with Crippen molar-refractivity contribution in [3.05, 3.63) is 17.6 Å². The summed E-state index contributed by atoms with van der Waals surface area (Å²) in [4.78, 5) is 11.4. The molecule has 4 heteroatoms. The fraction of sp³-hybridized carbons (Fsp3) is 0.733. The van der Waals surface area contributed by atoms with Gasteiger partial charge in [-0.3, -0.25) is 0 Å². The number of nitrogens with one attached hydrogen (secondary N) is 1. The van der Waals surface area contributed by atoms with Gasteiger partial charge in [-0.05, 0) is 52.0 Å². The minimum absolute atomic E-state index is 0.674. The summed E-state index contributed by atoms with van der Waals surface area (Å²) in [5.41, 5.74) is 2.62. The lowest BCUT2D eigenvalue weighted by atomic mass is 10.1. The molecule has 0 radical (unpaired) electrons. The zero-order valence-corrected chi connectivity index (χ0v) is 12.0. The maximum Gasteiger partial charge on any atom is 0.132 e. The average Bonchev–Trinajstić information content (AvgIpc) is 3.05. The van der Waals surface area contributed by atoms with Crippen molar-refractivity contribution in [2.24, 2.45) is 5.92 Å². The second-order valence-corrected chi connectivity index (χ2v) is 6.13. The summed E-state index contributed by atoms with van der Waals surface area (Å²) in [6.07, 6.45) is 6.51. The van der Waals surface area contributed by atoms with E-state index in [1.54, 1.807) is 6.33 Å². The first-order chi connectivity index (χ1) is 9.24. The molecule has 0 bridgehead atoms. The Kier molecular flexibility index (Phi) is 3.69. The standard InChI is InChI=1S/C15H24N4/c1-11(2)19-7-6-12(9-19)8-16-15-13-4-3-5-14(13)17-10-18-15/h10-12H,3-9H2,1-2H3,(H,16,17,18). The van der Waals surface area contributed by atoms with Crippen LogP contribution in [0.15, 0.2) is 6.33 Å². The molecule has 0 saturated carbocycles. The summed E-state index contributed by atoms with van der Waals surface area (Å²) in [6.45, 7) is 8.08. The molecule has 104 valence electrons. The molecule has 1 fully saturated rings. The van der Waals surface area contributed by atoms with Crippen molar-refractivity contribution in [1.29, 1.82) is 0 Å². The van der Waals surface area contributed by atoms with Crippen molar-refractivity contribution in [2.75, 3.05) is 25.0 Å². The van der Waals surface area contributed by atoms with E-state index < -0.39 is 0 Å². The SMILES string of the molecule is CC(C)N1CCC(CNc2ncnc3c2CCC3)C1. The van der Waals surface area contributed by atoms with Crippen LogP contribution in [0.25, 0.3) is 0 Å². The number of aromatic nitrogens is 2. The first kappa shape index (κ1) is 12.9. The molecule has 1 aromatic heterocycles. The third-order valence-corrected chi connectivity index (χ3v) is 4.48. The van der Waals surface area contributed by atoms with Crippen molar-refractivity contribution in [3.8, 4) is 0 Å². The molecule has 0 aromatic carbocycles. The minimum atomic E-state index is 0.674. The van der Waals surface area contributed by atoms with Crippen LogP contribution in [0.2, 0.25) is 0 Å². The fourth-order valence-corrected chi connectivity index (χ4v) is 3.25. The molecule has 1 unspecified atom stereocenters. The number of anilines is 1. The lowest BCUT2D eigenvalue weighted by molar-refractivity contribution is 0.266. The monoisotopic (exact) mass is 260 g/mol. The molecule has 0 amide bonds. The molecule has 1 aliphatic carbocycles. The van der Waals surface area contributed by atoms with Gasteiger partial charge in [-0.25, -0.2) is 9.97 Å². The Morgan fingerprint density at radius 1 is 1.37 bits per heavy atom. The Hall–Kier alpha value is -1.16. The van der Waals surface area contributed by atoms with E-state index in [9.17, 15) is 0 Å². The summed E-state index contributed by atoms with van der Waals surface area (Å²) >= 11 is 0. The predicted molar refractivity (Wildman–Crippen MR) is 77.4 cm³/mol. The summed E-state index contributed by atoms with van der Waals surface area (Å²) in [6, 6.07) is 0.674. The van der Waals surface area contributed by atoms with Gasteiger partial charge >= 0.3 is 0 Å². The highest BCUT2D eigenvalue weighted by Crippen LogP contribution is 2.26. The number of aryl methyl sites for hydroxylation is 1. The number of nitrogens with zero attached hydrogens (tertiary/aromatic N) is 3. The van der Waals surface area contributed by atoms with E-state index in [1.165, 1.54) is 37.2 Å². The Morgan fingerprint density at radius 2 is 2.26 bits per heavy atom. The van der Waals surface area contributed by atoms with Gasteiger partial charge in [-0.15, -0.1) is 0 Å². The van der Waals surface area contributed by atoms with Crippen molar-refractivity contribution < 1.29 is 0 Å². The van der Waals surface area contributed by atoms with Crippen LogP contribution in [-0.2, 0) is 12.8 Å². The van der Waals surface area contributed by atoms with Gasteiger partial charge in [0.1, 0.15) is 12.1 Å². The largest absolute Gasteiger partial charge is 0.369 e. The topological polar surface area (TPSA) is 41.0 Å². The van der Waals surface area contributed by atoms with Crippen LogP contribution >= 0.6 is 0 Å². The summed E-state index contributed by atoms with van der Waals surface area (Å²) in [7, 11) is 0. The molecule has 1 aliphatic heterocycles. The van der Waals surface area contributed by atoms with Crippen molar-refractivity contribution in [2.45, 2.75) is 45.6 Å². The van der Waals surface area contributed by atoms with E-state index >= 15 is 0 Å². The molecule has 2 heterocycles. The van der Waals surface area contributed by atoms with Gasteiger partial charge < -0.3 is 10.2 Å². The maximum absolute atomic E-state index is 4.43. The van der Waals surface area contributed by atoms with Crippen molar-refractivity contribution in [3.63, 3.8) is 0 Å². The molecule has 0 spiro atoms. The molecular formula is C15H24N4. The van der Waals surface area contributed by atoms with Gasteiger partial charge in [0.15, 0.2) is 0 Å². The lowest BCUT2D eigenvalue weighted by Crippen LogP contribution is -2.29. The molecule has 3 rings (SSSR count). The molecule has 19 heavy (non-hydrogen) atoms. The molecule has 4 nitrogen and oxygen atoms in total. The molecular weight excluding hydrogens is 236 g/mol. The van der Waals surface area contributed by atoms with Crippen molar-refractivity contribution in [1.82, 2.24) is 14.9 Å². The Morgan fingerprint density at radius 3 is 3.05 bits per heavy atom. The number of fused-ring (bicyclic) bond motifs is 1. The van der Waals surface area contributed by atoms with Gasteiger partial charge in [0, 0.05) is 30.4 Å². The maximum atomic E-state index is 4.43. The van der Waals surface area contributed by atoms with Crippen LogP contribution in [0.3, 0.4) is 0 Å². The lowest BCUT2D eigenvalue weighted by Gasteiger charge is -2.20. The Labute approximate surface area is 115 Å². The van der Waals surface area contributed by atoms with E-state index in [-0.39, 0.29) is 0 Å². The van der Waals surface area contributed by atoms with Gasteiger partial charge in [0.05, 0.1) is 0 Å². The first-order valence-corrected chi connectivity index (χ1v) is 7.54. The summed E-state index contributed by atoms with van der Waals surface area (Å²) in [5, 5.41) is 3.57. The third kappa shape index (κ3) is 2.73. The molecule has 1 N–H and O–H groups in total. The molecule has 1 saturated heterocycles. The quantitative estimate of drug-likeness (QED) is 0.900. The van der Waals surface area contributed by atoms with Gasteiger partial charge in [-0.2, -0.15) is 0 Å². The van der Waals surface area contributed by atoms with Crippen LogP contribution < -0.4 is 5.32 Å². The van der Waals surface area contributed by atoms with Gasteiger partial charge in [0.2, 0.25) is 0 Å². The van der Waals surface area contributed by atoms with Crippen LogP contribution in [0.4, 0.5) is 5.82 Å². The highest BCUT2D eigenvalue weighted by atomic mass is 15.2. The highest BCUT2D eigenvalue weighted by Gasteiger charge is 2.24. The average molecular weight is 260 g/mol. The molecule has 1 aromatic rings. The Balaban J connectivity index is 1.57. The number of likely N-dealkylation sites (tertiary alicyclic amines) is 1. The minimum Gasteiger partial charge on any atom is -0.369 e. The molecule has 2 aliphatic rings. The van der Waals surface area contributed by atoms with Crippen molar-refractivity contribution >= 4 is 5.82 Å². The molecule has 1 atom stereocenters. The normalized spacial score (nSPS) is 23.0. The number of hydrogen-bond acceptors (Lipinski definition) is 4. The zero-order chi connectivity index (χ0) is 13.2. The predicted octanol–water partition coefficient (Wildman–Crippen LogP) is 2.11. The first-order valence-electron chi connectivity index (χ1n) is 7.54. The van der Waals surface area contributed by atoms with E-state index in [4.69, 9.17) is 0 Å². The van der Waals surface area contributed by atoms with E-state index in [0.717, 1.165) is 31.1 Å². The fourth-order valence-electron chi connectivity index (χ4n) is 3.25. The van der Waals surface area contributed by atoms with E-state index in [0.29, 0.717) is 6.04 Å². The third-order valence-electron chi connectivity index (χ3n) is 4.48. The van der Waals surface area contributed by atoms with Crippen LogP contribution in [0, 0.1) is 5.92 Å². The van der Waals surface area contributed by atoms with Gasteiger partial charge in [0.25, 0.3) is 0 Å². The highest BCUT2D eigenvalue weighted by molar-refractivity contribution is 5.47. The zero-order valence-electron chi connectivity index (χ0n) is 12.0.